The zero-order chi connectivity index (χ0) is 20.5. The van der Waals surface area contributed by atoms with Crippen LogP contribution in [0.5, 0.6) is 0 Å². The molecule has 1 aliphatic rings. The first-order chi connectivity index (χ1) is 13.9. The van der Waals surface area contributed by atoms with Crippen molar-refractivity contribution in [1.29, 1.82) is 0 Å². The van der Waals surface area contributed by atoms with Crippen LogP contribution >= 0.6 is 39.1 Å². The molecule has 1 heterocycles. The number of hydrogen-bond acceptors (Lipinski definition) is 2. The minimum Gasteiger partial charge on any atom is -0.324 e. The molecule has 4 rings (SSSR count). The number of anilines is 1. The van der Waals surface area contributed by atoms with E-state index in [9.17, 15) is 9.59 Å². The second-order valence-electron chi connectivity index (χ2n) is 6.65. The van der Waals surface area contributed by atoms with Crippen molar-refractivity contribution < 1.29 is 9.59 Å². The lowest BCUT2D eigenvalue weighted by atomic mass is 9.95. The molecule has 29 heavy (non-hydrogen) atoms. The normalized spacial score (nSPS) is 16.0. The van der Waals surface area contributed by atoms with Gasteiger partial charge in [-0.15, -0.1) is 0 Å². The molecule has 1 atom stereocenters. The molecule has 7 heteroatoms. The van der Waals surface area contributed by atoms with Gasteiger partial charge in [0.1, 0.15) is 6.54 Å². The number of carbonyl (C=O) groups is 2. The Morgan fingerprint density at radius 1 is 1.03 bits per heavy atom. The van der Waals surface area contributed by atoms with Crippen LogP contribution in [0.1, 0.15) is 27.5 Å². The first kappa shape index (κ1) is 20.0. The summed E-state index contributed by atoms with van der Waals surface area (Å²) in [5.41, 5.74) is 2.56. The molecule has 1 aliphatic heterocycles. The summed E-state index contributed by atoms with van der Waals surface area (Å²) in [6, 6.07) is 19.4. The summed E-state index contributed by atoms with van der Waals surface area (Å²) < 4.78 is 0.726. The Morgan fingerprint density at radius 2 is 1.79 bits per heavy atom. The first-order valence-electron chi connectivity index (χ1n) is 8.84. The fourth-order valence-corrected chi connectivity index (χ4v) is 4.22. The number of rotatable bonds is 2. The molecular weight excluding hydrogens is 475 g/mol. The number of halogens is 3. The van der Waals surface area contributed by atoms with Crippen LogP contribution in [0.4, 0.5) is 5.69 Å². The molecule has 4 nitrogen and oxygen atoms in total. The van der Waals surface area contributed by atoms with Crippen LogP contribution in [0.15, 0.2) is 71.2 Å². The molecule has 3 aromatic rings. The van der Waals surface area contributed by atoms with Gasteiger partial charge in [-0.2, -0.15) is 0 Å². The summed E-state index contributed by atoms with van der Waals surface area (Å²) in [7, 11) is 0. The highest BCUT2D eigenvalue weighted by Gasteiger charge is 2.34. The van der Waals surface area contributed by atoms with E-state index < -0.39 is 6.04 Å². The summed E-state index contributed by atoms with van der Waals surface area (Å²) in [5, 5.41) is 3.72. The lowest BCUT2D eigenvalue weighted by Gasteiger charge is -2.31. The molecule has 0 aliphatic carbocycles. The van der Waals surface area contributed by atoms with Crippen LogP contribution in [0.25, 0.3) is 0 Å². The Hall–Kier alpha value is -2.34. The molecule has 146 valence electrons. The smallest absolute Gasteiger partial charge is 0.256 e. The van der Waals surface area contributed by atoms with E-state index in [4.69, 9.17) is 23.2 Å². The lowest BCUT2D eigenvalue weighted by molar-refractivity contribution is -0.117. The van der Waals surface area contributed by atoms with Crippen molar-refractivity contribution >= 4 is 56.6 Å². The van der Waals surface area contributed by atoms with Gasteiger partial charge in [0.15, 0.2) is 0 Å². The van der Waals surface area contributed by atoms with Gasteiger partial charge in [0, 0.05) is 20.7 Å². The van der Waals surface area contributed by atoms with E-state index in [2.05, 4.69) is 21.2 Å². The SMILES string of the molecule is O=C1CN(C(=O)c2cc(Br)ccc2Cl)[C@H](c2ccccc2)c2cc(Cl)ccc2N1. The van der Waals surface area contributed by atoms with E-state index in [1.807, 2.05) is 30.3 Å². The summed E-state index contributed by atoms with van der Waals surface area (Å²) in [5.74, 6) is -0.625. The number of fused-ring (bicyclic) bond motifs is 1. The second-order valence-corrected chi connectivity index (χ2v) is 8.41. The third-order valence-corrected chi connectivity index (χ3v) is 5.80. The maximum atomic E-state index is 13.6. The Bertz CT molecular complexity index is 1110. The average Bonchev–Trinajstić information content (AvgIpc) is 2.85. The minimum atomic E-state index is -0.508. The number of nitrogens with zero attached hydrogens (tertiary/aromatic N) is 1. The Kier molecular flexibility index (Phi) is 5.63. The molecule has 0 saturated carbocycles. The van der Waals surface area contributed by atoms with Gasteiger partial charge in [-0.1, -0.05) is 69.5 Å². The zero-order valence-corrected chi connectivity index (χ0v) is 18.1. The average molecular weight is 490 g/mol. The molecule has 3 aromatic carbocycles. The van der Waals surface area contributed by atoms with Gasteiger partial charge in [-0.3, -0.25) is 9.59 Å². The van der Waals surface area contributed by atoms with E-state index >= 15 is 0 Å². The van der Waals surface area contributed by atoms with Gasteiger partial charge in [-0.25, -0.2) is 0 Å². The molecule has 0 bridgehead atoms. The van der Waals surface area contributed by atoms with Gasteiger partial charge in [0.05, 0.1) is 16.6 Å². The highest BCUT2D eigenvalue weighted by Crippen LogP contribution is 2.38. The fourth-order valence-electron chi connectivity index (χ4n) is 3.48. The predicted molar refractivity (Wildman–Crippen MR) is 119 cm³/mol. The molecule has 1 N–H and O–H groups in total. The van der Waals surface area contributed by atoms with E-state index in [1.165, 1.54) is 4.90 Å². The molecule has 0 spiro atoms. The first-order valence-corrected chi connectivity index (χ1v) is 10.4. The molecule has 0 aromatic heterocycles. The maximum absolute atomic E-state index is 13.6. The Labute approximate surface area is 186 Å². The van der Waals surface area contributed by atoms with E-state index in [1.54, 1.807) is 36.4 Å². The van der Waals surface area contributed by atoms with Gasteiger partial charge in [-0.05, 0) is 42.0 Å². The predicted octanol–water partition coefficient (Wildman–Crippen LogP) is 5.94. The number of carbonyl (C=O) groups excluding carboxylic acids is 2. The van der Waals surface area contributed by atoms with E-state index in [-0.39, 0.29) is 18.4 Å². The van der Waals surface area contributed by atoms with Crippen molar-refractivity contribution in [2.24, 2.45) is 0 Å². The number of amides is 2. The minimum absolute atomic E-state index is 0.118. The number of hydrogen-bond donors (Lipinski definition) is 1. The van der Waals surface area contributed by atoms with Crippen LogP contribution in [-0.2, 0) is 4.79 Å². The van der Waals surface area contributed by atoms with Crippen LogP contribution in [0.2, 0.25) is 10.0 Å². The highest BCUT2D eigenvalue weighted by atomic mass is 79.9. The van der Waals surface area contributed by atoms with Crippen LogP contribution in [0.3, 0.4) is 0 Å². The van der Waals surface area contributed by atoms with Crippen molar-refractivity contribution in [3.05, 3.63) is 97.9 Å². The van der Waals surface area contributed by atoms with E-state index in [0.717, 1.165) is 15.6 Å². The van der Waals surface area contributed by atoms with Crippen LogP contribution in [-0.4, -0.2) is 23.3 Å². The van der Waals surface area contributed by atoms with Gasteiger partial charge in [0.2, 0.25) is 5.91 Å². The largest absolute Gasteiger partial charge is 0.324 e. The standard InChI is InChI=1S/C22H15BrCl2N2O2/c23-14-6-8-18(25)16(10-14)22(29)27-12-20(28)26-19-9-7-15(24)11-17(19)21(27)13-4-2-1-3-5-13/h1-11,21H,12H2,(H,26,28)/t21-/m1/s1. The summed E-state index contributed by atoms with van der Waals surface area (Å²) in [6.45, 7) is -0.118. The lowest BCUT2D eigenvalue weighted by Crippen LogP contribution is -2.39. The third kappa shape index (κ3) is 4.04. The fraction of sp³-hybridized carbons (Fsp3) is 0.0909. The highest BCUT2D eigenvalue weighted by molar-refractivity contribution is 9.10. The van der Waals surface area contributed by atoms with Gasteiger partial charge in [0.25, 0.3) is 5.91 Å². The number of nitrogens with one attached hydrogen (secondary N) is 1. The molecular formula is C22H15BrCl2N2O2. The molecule has 0 fully saturated rings. The summed E-state index contributed by atoms with van der Waals surface area (Å²) in [6.07, 6.45) is 0. The monoisotopic (exact) mass is 488 g/mol. The van der Waals surface area contributed by atoms with Crippen molar-refractivity contribution in [1.82, 2.24) is 4.90 Å². The molecule has 0 radical (unpaired) electrons. The summed E-state index contributed by atoms with van der Waals surface area (Å²) in [4.78, 5) is 27.7. The Morgan fingerprint density at radius 3 is 2.55 bits per heavy atom. The topological polar surface area (TPSA) is 49.4 Å². The van der Waals surface area contributed by atoms with E-state index in [0.29, 0.717) is 21.3 Å². The Balaban J connectivity index is 1.91. The summed E-state index contributed by atoms with van der Waals surface area (Å²) >= 11 is 16.0. The third-order valence-electron chi connectivity index (χ3n) is 4.74. The van der Waals surface area contributed by atoms with Crippen molar-refractivity contribution in [2.45, 2.75) is 6.04 Å². The van der Waals surface area contributed by atoms with Crippen molar-refractivity contribution in [2.75, 3.05) is 11.9 Å². The van der Waals surface area contributed by atoms with Gasteiger partial charge >= 0.3 is 0 Å². The molecule has 0 unspecified atom stereocenters. The van der Waals surface area contributed by atoms with Crippen LogP contribution < -0.4 is 5.32 Å². The van der Waals surface area contributed by atoms with Crippen molar-refractivity contribution in [3.8, 4) is 0 Å². The quantitative estimate of drug-likeness (QED) is 0.484. The molecule has 0 saturated heterocycles. The van der Waals surface area contributed by atoms with Crippen LogP contribution in [0, 0.1) is 0 Å². The number of benzene rings is 3. The molecule has 2 amide bonds. The van der Waals surface area contributed by atoms with Crippen molar-refractivity contribution in [3.63, 3.8) is 0 Å². The van der Waals surface area contributed by atoms with Gasteiger partial charge < -0.3 is 10.2 Å². The second kappa shape index (κ2) is 8.19. The zero-order valence-electron chi connectivity index (χ0n) is 15.0. The maximum Gasteiger partial charge on any atom is 0.256 e.